The molecule has 3 heteroatoms. The average molecular weight is 248 g/mol. The van der Waals surface area contributed by atoms with Gasteiger partial charge in [0, 0.05) is 19.7 Å². The molecule has 3 nitrogen and oxygen atoms in total. The molecular weight excluding hydrogens is 224 g/mol. The maximum Gasteiger partial charge on any atom is 0.0591 e. The third-order valence-corrected chi connectivity index (χ3v) is 3.32. The zero-order chi connectivity index (χ0) is 12.6. The Balaban J connectivity index is 1.62. The Morgan fingerprint density at radius 3 is 2.72 bits per heavy atom. The Labute approximate surface area is 110 Å². The van der Waals surface area contributed by atoms with E-state index in [2.05, 4.69) is 29.6 Å². The fourth-order valence-electron chi connectivity index (χ4n) is 2.03. The molecule has 1 aliphatic carbocycles. The topological polar surface area (TPSA) is 47.3 Å². The van der Waals surface area contributed by atoms with Crippen LogP contribution in [0.4, 0.5) is 0 Å². The Morgan fingerprint density at radius 1 is 1.22 bits per heavy atom. The highest BCUT2D eigenvalue weighted by atomic mass is 16.5. The molecule has 1 aliphatic rings. The molecular formula is C15H24N2O. The van der Waals surface area contributed by atoms with E-state index in [9.17, 15) is 0 Å². The van der Waals surface area contributed by atoms with Crippen LogP contribution >= 0.6 is 0 Å². The van der Waals surface area contributed by atoms with Gasteiger partial charge in [0.15, 0.2) is 0 Å². The van der Waals surface area contributed by atoms with Crippen molar-refractivity contribution in [1.82, 2.24) is 5.32 Å². The van der Waals surface area contributed by atoms with Gasteiger partial charge in [0.2, 0.25) is 0 Å². The molecule has 0 unspecified atom stereocenters. The number of hydrogen-bond donors (Lipinski definition) is 2. The molecule has 0 atom stereocenters. The van der Waals surface area contributed by atoms with Gasteiger partial charge in [0.05, 0.1) is 6.61 Å². The van der Waals surface area contributed by atoms with E-state index in [4.69, 9.17) is 10.5 Å². The van der Waals surface area contributed by atoms with Crippen LogP contribution in [0, 0.1) is 5.92 Å². The van der Waals surface area contributed by atoms with Gasteiger partial charge in [-0.1, -0.05) is 24.3 Å². The van der Waals surface area contributed by atoms with Gasteiger partial charge in [-0.15, -0.1) is 0 Å². The third-order valence-electron chi connectivity index (χ3n) is 3.32. The lowest BCUT2D eigenvalue weighted by Gasteiger charge is -2.10. The maximum atomic E-state index is 5.62. The summed E-state index contributed by atoms with van der Waals surface area (Å²) in [5.74, 6) is 0.857. The summed E-state index contributed by atoms with van der Waals surface area (Å²) in [6.07, 6.45) is 3.68. The van der Waals surface area contributed by atoms with E-state index in [-0.39, 0.29) is 0 Å². The summed E-state index contributed by atoms with van der Waals surface area (Å²) in [6.45, 7) is 4.30. The van der Waals surface area contributed by atoms with Crippen molar-refractivity contribution in [1.29, 1.82) is 0 Å². The fraction of sp³-hybridized carbons (Fsp3) is 0.600. The standard InChI is InChI=1S/C15H24N2O/c16-8-7-14-3-1-2-4-15(14)11-17-9-10-18-12-13-5-6-13/h1-4,13,17H,5-12,16H2. The molecule has 0 bridgehead atoms. The summed E-state index contributed by atoms with van der Waals surface area (Å²) >= 11 is 0. The Kier molecular flexibility index (Phi) is 5.65. The zero-order valence-corrected chi connectivity index (χ0v) is 11.0. The van der Waals surface area contributed by atoms with Gasteiger partial charge < -0.3 is 15.8 Å². The van der Waals surface area contributed by atoms with Crippen LogP contribution in [-0.2, 0) is 17.7 Å². The quantitative estimate of drug-likeness (QED) is 0.654. The lowest BCUT2D eigenvalue weighted by atomic mass is 10.0. The summed E-state index contributed by atoms with van der Waals surface area (Å²) in [5.41, 5.74) is 8.32. The molecule has 0 spiro atoms. The normalized spacial score (nSPS) is 14.9. The molecule has 0 radical (unpaired) electrons. The molecule has 2 rings (SSSR count). The molecule has 1 aromatic carbocycles. The van der Waals surface area contributed by atoms with E-state index >= 15 is 0 Å². The molecule has 3 N–H and O–H groups in total. The number of nitrogens with one attached hydrogen (secondary N) is 1. The van der Waals surface area contributed by atoms with Crippen LogP contribution in [0.15, 0.2) is 24.3 Å². The third kappa shape index (κ3) is 4.77. The van der Waals surface area contributed by atoms with Gasteiger partial charge in [-0.3, -0.25) is 0 Å². The summed E-state index contributed by atoms with van der Waals surface area (Å²) in [5, 5.41) is 3.43. The van der Waals surface area contributed by atoms with Crippen molar-refractivity contribution < 1.29 is 4.74 Å². The van der Waals surface area contributed by atoms with Crippen LogP contribution in [0.25, 0.3) is 0 Å². The van der Waals surface area contributed by atoms with Crippen molar-refractivity contribution in [2.24, 2.45) is 11.7 Å². The molecule has 0 saturated heterocycles. The molecule has 1 fully saturated rings. The number of hydrogen-bond acceptors (Lipinski definition) is 3. The average Bonchev–Trinajstić information content (AvgIpc) is 3.20. The first kappa shape index (κ1) is 13.5. The van der Waals surface area contributed by atoms with E-state index in [1.165, 1.54) is 24.0 Å². The van der Waals surface area contributed by atoms with Crippen LogP contribution < -0.4 is 11.1 Å². The minimum atomic E-state index is 0.710. The molecule has 0 aliphatic heterocycles. The van der Waals surface area contributed by atoms with Crippen LogP contribution in [0.5, 0.6) is 0 Å². The molecule has 0 amide bonds. The highest BCUT2D eigenvalue weighted by molar-refractivity contribution is 5.27. The highest BCUT2D eigenvalue weighted by Gasteiger charge is 2.20. The van der Waals surface area contributed by atoms with Crippen LogP contribution in [0.2, 0.25) is 0 Å². The molecule has 1 saturated carbocycles. The lowest BCUT2D eigenvalue weighted by Crippen LogP contribution is -2.20. The lowest BCUT2D eigenvalue weighted by molar-refractivity contribution is 0.126. The van der Waals surface area contributed by atoms with Crippen molar-refractivity contribution >= 4 is 0 Å². The SMILES string of the molecule is NCCc1ccccc1CNCCOCC1CC1. The van der Waals surface area contributed by atoms with Crippen molar-refractivity contribution in [3.8, 4) is 0 Å². The fourth-order valence-corrected chi connectivity index (χ4v) is 2.03. The second-order valence-electron chi connectivity index (χ2n) is 5.00. The monoisotopic (exact) mass is 248 g/mol. The smallest absolute Gasteiger partial charge is 0.0591 e. The van der Waals surface area contributed by atoms with Gasteiger partial charge in [-0.05, 0) is 42.9 Å². The van der Waals surface area contributed by atoms with Crippen molar-refractivity contribution in [2.75, 3.05) is 26.3 Å². The van der Waals surface area contributed by atoms with Gasteiger partial charge in [0.25, 0.3) is 0 Å². The number of benzene rings is 1. The first-order valence-electron chi connectivity index (χ1n) is 6.95. The van der Waals surface area contributed by atoms with E-state index in [0.717, 1.165) is 38.6 Å². The second-order valence-corrected chi connectivity index (χ2v) is 5.00. The number of rotatable bonds is 9. The predicted octanol–water partition coefficient (Wildman–Crippen LogP) is 1.70. The van der Waals surface area contributed by atoms with Crippen molar-refractivity contribution in [3.05, 3.63) is 35.4 Å². The molecule has 0 heterocycles. The molecule has 18 heavy (non-hydrogen) atoms. The maximum absolute atomic E-state index is 5.62. The van der Waals surface area contributed by atoms with Crippen LogP contribution in [0.3, 0.4) is 0 Å². The molecule has 0 aromatic heterocycles. The van der Waals surface area contributed by atoms with Crippen LogP contribution in [0.1, 0.15) is 24.0 Å². The molecule has 1 aromatic rings. The zero-order valence-electron chi connectivity index (χ0n) is 11.0. The Morgan fingerprint density at radius 2 is 2.00 bits per heavy atom. The first-order valence-corrected chi connectivity index (χ1v) is 6.95. The minimum absolute atomic E-state index is 0.710. The number of nitrogens with two attached hydrogens (primary N) is 1. The first-order chi connectivity index (χ1) is 8.90. The summed E-state index contributed by atoms with van der Waals surface area (Å²) in [7, 11) is 0. The number of ether oxygens (including phenoxy) is 1. The van der Waals surface area contributed by atoms with E-state index in [1.807, 2.05) is 0 Å². The van der Waals surface area contributed by atoms with Gasteiger partial charge >= 0.3 is 0 Å². The van der Waals surface area contributed by atoms with Gasteiger partial charge in [-0.25, -0.2) is 0 Å². The van der Waals surface area contributed by atoms with E-state index in [1.54, 1.807) is 0 Å². The minimum Gasteiger partial charge on any atom is -0.380 e. The highest BCUT2D eigenvalue weighted by Crippen LogP contribution is 2.28. The summed E-state index contributed by atoms with van der Waals surface area (Å²) in [6, 6.07) is 8.49. The summed E-state index contributed by atoms with van der Waals surface area (Å²) < 4.78 is 5.59. The van der Waals surface area contributed by atoms with Crippen molar-refractivity contribution in [2.45, 2.75) is 25.8 Å². The largest absolute Gasteiger partial charge is 0.380 e. The van der Waals surface area contributed by atoms with Gasteiger partial charge in [0.1, 0.15) is 0 Å². The molecule has 100 valence electrons. The van der Waals surface area contributed by atoms with Crippen molar-refractivity contribution in [3.63, 3.8) is 0 Å². The summed E-state index contributed by atoms with van der Waals surface area (Å²) in [4.78, 5) is 0. The van der Waals surface area contributed by atoms with Gasteiger partial charge in [-0.2, -0.15) is 0 Å². The second kappa shape index (κ2) is 7.52. The predicted molar refractivity (Wildman–Crippen MR) is 74.5 cm³/mol. The Bertz CT molecular complexity index is 350. The Hall–Kier alpha value is -0.900. The van der Waals surface area contributed by atoms with Crippen LogP contribution in [-0.4, -0.2) is 26.3 Å². The van der Waals surface area contributed by atoms with E-state index < -0.39 is 0 Å². The van der Waals surface area contributed by atoms with E-state index in [0.29, 0.717) is 6.54 Å².